The van der Waals surface area contributed by atoms with Crippen molar-refractivity contribution in [2.75, 3.05) is 13.1 Å². The van der Waals surface area contributed by atoms with E-state index in [2.05, 4.69) is 0 Å². The summed E-state index contributed by atoms with van der Waals surface area (Å²) in [6.07, 6.45) is -2.05. The van der Waals surface area contributed by atoms with E-state index in [4.69, 9.17) is 10.2 Å². The lowest BCUT2D eigenvalue weighted by atomic mass is 10.2. The third kappa shape index (κ3) is 4.79. The van der Waals surface area contributed by atoms with Gasteiger partial charge in [0.25, 0.3) is 0 Å². The van der Waals surface area contributed by atoms with Gasteiger partial charge in [-0.3, -0.25) is 4.90 Å². The topological polar surface area (TPSA) is 42.4 Å². The van der Waals surface area contributed by atoms with Crippen LogP contribution in [0.15, 0.2) is 16.7 Å². The third-order valence-electron chi connectivity index (χ3n) is 2.36. The van der Waals surface area contributed by atoms with Crippen LogP contribution in [0.2, 0.25) is 0 Å². The first kappa shape index (κ1) is 14.1. The smallest absolute Gasteiger partial charge is 0.401 e. The minimum atomic E-state index is -4.18. The third-order valence-corrected chi connectivity index (χ3v) is 2.36. The molecule has 0 spiro atoms. The number of nitrogens with zero attached hydrogens (tertiary/aromatic N) is 1. The van der Waals surface area contributed by atoms with Gasteiger partial charge in [0, 0.05) is 12.1 Å². The Labute approximate surface area is 98.4 Å². The van der Waals surface area contributed by atoms with Crippen molar-refractivity contribution in [1.29, 1.82) is 0 Å². The predicted octanol–water partition coefficient (Wildman–Crippen LogP) is 2.51. The van der Waals surface area contributed by atoms with Crippen molar-refractivity contribution in [3.8, 4) is 0 Å². The first-order chi connectivity index (χ1) is 7.96. The summed E-state index contributed by atoms with van der Waals surface area (Å²) in [5.74, 6) is 0.549. The van der Waals surface area contributed by atoms with E-state index in [1.54, 1.807) is 6.07 Å². The van der Waals surface area contributed by atoms with Crippen LogP contribution in [-0.4, -0.2) is 24.2 Å². The summed E-state index contributed by atoms with van der Waals surface area (Å²) in [6.45, 7) is 1.76. The van der Waals surface area contributed by atoms with Crippen LogP contribution in [0.3, 0.4) is 0 Å². The lowest BCUT2D eigenvalue weighted by Crippen LogP contribution is -2.34. The number of hydrogen-bond donors (Lipinski definition) is 1. The minimum absolute atomic E-state index is 0.203. The molecule has 1 rings (SSSR count). The van der Waals surface area contributed by atoms with Crippen molar-refractivity contribution in [3.63, 3.8) is 0 Å². The number of hydrogen-bond acceptors (Lipinski definition) is 3. The van der Waals surface area contributed by atoms with Crippen LogP contribution in [0.25, 0.3) is 0 Å². The first-order valence-electron chi connectivity index (χ1n) is 5.50. The highest BCUT2D eigenvalue weighted by molar-refractivity contribution is 5.16. The fraction of sp³-hybridized carbons (Fsp3) is 0.636. The van der Waals surface area contributed by atoms with E-state index in [9.17, 15) is 13.2 Å². The van der Waals surface area contributed by atoms with Gasteiger partial charge in [-0.25, -0.2) is 0 Å². The van der Waals surface area contributed by atoms with Gasteiger partial charge >= 0.3 is 6.18 Å². The molecule has 0 unspecified atom stereocenters. The summed E-state index contributed by atoms with van der Waals surface area (Å²) in [5, 5.41) is 0. The zero-order chi connectivity index (χ0) is 12.9. The van der Waals surface area contributed by atoms with Crippen molar-refractivity contribution in [3.05, 3.63) is 23.7 Å². The molecular weight excluding hydrogens is 233 g/mol. The fourth-order valence-electron chi connectivity index (χ4n) is 1.71. The normalized spacial score (nSPS) is 12.4. The molecule has 1 aromatic heterocycles. The first-order valence-corrected chi connectivity index (χ1v) is 5.50. The Morgan fingerprint density at radius 1 is 1.41 bits per heavy atom. The van der Waals surface area contributed by atoms with Crippen LogP contribution in [0.4, 0.5) is 13.2 Å². The Morgan fingerprint density at radius 3 is 2.65 bits per heavy atom. The van der Waals surface area contributed by atoms with E-state index >= 15 is 0 Å². The second kappa shape index (κ2) is 6.07. The van der Waals surface area contributed by atoms with E-state index in [0.29, 0.717) is 18.7 Å². The highest BCUT2D eigenvalue weighted by atomic mass is 19.4. The maximum Gasteiger partial charge on any atom is 0.401 e. The highest BCUT2D eigenvalue weighted by Crippen LogP contribution is 2.20. The van der Waals surface area contributed by atoms with Gasteiger partial charge in [-0.2, -0.15) is 13.2 Å². The number of alkyl halides is 3. The van der Waals surface area contributed by atoms with Crippen molar-refractivity contribution >= 4 is 0 Å². The summed E-state index contributed by atoms with van der Waals surface area (Å²) >= 11 is 0. The monoisotopic (exact) mass is 250 g/mol. The summed E-state index contributed by atoms with van der Waals surface area (Å²) in [4.78, 5) is 1.35. The number of rotatable bonds is 6. The average Bonchev–Trinajstić information content (AvgIpc) is 2.63. The van der Waals surface area contributed by atoms with Crippen molar-refractivity contribution < 1.29 is 17.6 Å². The van der Waals surface area contributed by atoms with Crippen LogP contribution in [0.1, 0.15) is 24.7 Å². The largest absolute Gasteiger partial charge is 0.468 e. The molecule has 1 aromatic rings. The number of halogens is 3. The summed E-state index contributed by atoms with van der Waals surface area (Å²) in [6, 6.07) is 1.67. The second-order valence-corrected chi connectivity index (χ2v) is 3.90. The lowest BCUT2D eigenvalue weighted by Gasteiger charge is -2.22. The van der Waals surface area contributed by atoms with Gasteiger partial charge in [-0.15, -0.1) is 0 Å². The Bertz CT molecular complexity index is 336. The van der Waals surface area contributed by atoms with E-state index < -0.39 is 12.7 Å². The quantitative estimate of drug-likeness (QED) is 0.843. The Morgan fingerprint density at radius 2 is 2.12 bits per heavy atom. The molecule has 3 nitrogen and oxygen atoms in total. The maximum absolute atomic E-state index is 12.4. The molecule has 0 amide bonds. The lowest BCUT2D eigenvalue weighted by molar-refractivity contribution is -0.147. The predicted molar refractivity (Wildman–Crippen MR) is 58.2 cm³/mol. The SMILES string of the molecule is CCCN(Cc1ccoc1CN)CC(F)(F)F. The van der Waals surface area contributed by atoms with Crippen LogP contribution >= 0.6 is 0 Å². The van der Waals surface area contributed by atoms with E-state index in [1.807, 2.05) is 6.92 Å². The van der Waals surface area contributed by atoms with Crippen LogP contribution in [-0.2, 0) is 13.1 Å². The Kier molecular flexibility index (Phi) is 5.02. The molecule has 0 aliphatic carbocycles. The molecule has 0 aliphatic heterocycles. The number of furan rings is 1. The summed E-state index contributed by atoms with van der Waals surface area (Å²) < 4.78 is 42.1. The van der Waals surface area contributed by atoms with Crippen molar-refractivity contribution in [1.82, 2.24) is 4.90 Å². The second-order valence-electron chi connectivity index (χ2n) is 3.90. The van der Waals surface area contributed by atoms with Gasteiger partial charge in [0.15, 0.2) is 0 Å². The Balaban J connectivity index is 2.66. The summed E-state index contributed by atoms with van der Waals surface area (Å²) in [7, 11) is 0. The molecule has 0 saturated heterocycles. The van der Waals surface area contributed by atoms with Crippen molar-refractivity contribution in [2.45, 2.75) is 32.6 Å². The van der Waals surface area contributed by atoms with E-state index in [1.165, 1.54) is 11.2 Å². The van der Waals surface area contributed by atoms with Gasteiger partial charge in [-0.1, -0.05) is 6.92 Å². The van der Waals surface area contributed by atoms with Crippen LogP contribution in [0, 0.1) is 0 Å². The van der Waals surface area contributed by atoms with E-state index in [-0.39, 0.29) is 13.1 Å². The molecule has 0 radical (unpaired) electrons. The van der Waals surface area contributed by atoms with Gasteiger partial charge < -0.3 is 10.2 Å². The molecule has 0 saturated carbocycles. The van der Waals surface area contributed by atoms with Crippen molar-refractivity contribution in [2.24, 2.45) is 5.73 Å². The minimum Gasteiger partial charge on any atom is -0.468 e. The van der Waals surface area contributed by atoms with Gasteiger partial charge in [0.2, 0.25) is 0 Å². The summed E-state index contributed by atoms with van der Waals surface area (Å²) in [5.41, 5.74) is 6.16. The standard InChI is InChI=1S/C11H17F3N2O/c1-2-4-16(8-11(12,13)14)7-9-3-5-17-10(9)6-15/h3,5H,2,4,6-8,15H2,1H3. The van der Waals surface area contributed by atoms with Gasteiger partial charge in [0.05, 0.1) is 19.4 Å². The molecule has 1 heterocycles. The molecule has 6 heteroatoms. The number of nitrogens with two attached hydrogens (primary N) is 1. The maximum atomic E-state index is 12.4. The molecule has 0 bridgehead atoms. The average molecular weight is 250 g/mol. The zero-order valence-electron chi connectivity index (χ0n) is 9.76. The van der Waals surface area contributed by atoms with Gasteiger partial charge in [-0.05, 0) is 19.0 Å². The molecule has 0 fully saturated rings. The molecular formula is C11H17F3N2O. The molecule has 0 aliphatic rings. The molecule has 0 atom stereocenters. The van der Waals surface area contributed by atoms with Crippen LogP contribution in [0.5, 0.6) is 0 Å². The van der Waals surface area contributed by atoms with Gasteiger partial charge in [0.1, 0.15) is 5.76 Å². The van der Waals surface area contributed by atoms with Crippen LogP contribution < -0.4 is 5.73 Å². The molecule has 2 N–H and O–H groups in total. The highest BCUT2D eigenvalue weighted by Gasteiger charge is 2.30. The molecule has 98 valence electrons. The van der Waals surface area contributed by atoms with E-state index in [0.717, 1.165) is 5.56 Å². The fourth-order valence-corrected chi connectivity index (χ4v) is 1.71. The zero-order valence-corrected chi connectivity index (χ0v) is 9.76. The molecule has 17 heavy (non-hydrogen) atoms. The Hall–Kier alpha value is -1.01. The molecule has 0 aromatic carbocycles.